The van der Waals surface area contributed by atoms with Crippen molar-refractivity contribution in [1.82, 2.24) is 4.90 Å². The predicted molar refractivity (Wildman–Crippen MR) is 112 cm³/mol. The first-order valence-corrected chi connectivity index (χ1v) is 9.89. The van der Waals surface area contributed by atoms with Crippen LogP contribution in [0.2, 0.25) is 0 Å². The lowest BCUT2D eigenvalue weighted by Crippen LogP contribution is -2.52. The van der Waals surface area contributed by atoms with Crippen LogP contribution in [0, 0.1) is 0 Å². The lowest BCUT2D eigenvalue weighted by molar-refractivity contribution is -0.123. The van der Waals surface area contributed by atoms with Crippen LogP contribution in [0.25, 0.3) is 0 Å². The molecule has 8 heteroatoms. The number of nitrogens with zero attached hydrogens (tertiary/aromatic N) is 3. The molecule has 0 bridgehead atoms. The molecule has 2 fully saturated rings. The number of hydrogen-bond donors (Lipinski definition) is 1. The van der Waals surface area contributed by atoms with E-state index in [2.05, 4.69) is 9.80 Å². The summed E-state index contributed by atoms with van der Waals surface area (Å²) in [5.74, 6) is 0.814. The summed E-state index contributed by atoms with van der Waals surface area (Å²) in [7, 11) is 3.05. The van der Waals surface area contributed by atoms with Gasteiger partial charge in [0.25, 0.3) is 5.91 Å². The summed E-state index contributed by atoms with van der Waals surface area (Å²) in [6.07, 6.45) is 0.157. The Balaban J connectivity index is 1.47. The number of amides is 2. The molecule has 1 N–H and O–H groups in total. The van der Waals surface area contributed by atoms with Crippen LogP contribution in [0.3, 0.4) is 0 Å². The van der Waals surface area contributed by atoms with Crippen LogP contribution in [0.15, 0.2) is 42.5 Å². The third-order valence-electron chi connectivity index (χ3n) is 5.73. The van der Waals surface area contributed by atoms with E-state index in [1.807, 2.05) is 12.1 Å². The zero-order valence-corrected chi connectivity index (χ0v) is 17.1. The highest BCUT2D eigenvalue weighted by molar-refractivity contribution is 6.22. The van der Waals surface area contributed by atoms with Crippen molar-refractivity contribution in [2.45, 2.75) is 12.5 Å². The fourth-order valence-electron chi connectivity index (χ4n) is 4.14. The van der Waals surface area contributed by atoms with E-state index in [1.54, 1.807) is 30.3 Å². The highest BCUT2D eigenvalue weighted by Crippen LogP contribution is 2.35. The highest BCUT2D eigenvalue weighted by atomic mass is 16.5. The maximum Gasteiger partial charge on any atom is 0.251 e. The normalized spacial score (nSPS) is 20.0. The lowest BCUT2D eigenvalue weighted by Gasteiger charge is -2.38. The van der Waals surface area contributed by atoms with Crippen LogP contribution < -0.4 is 19.3 Å². The number of imide groups is 1. The van der Waals surface area contributed by atoms with E-state index in [0.717, 1.165) is 5.69 Å². The minimum absolute atomic E-state index is 0.157. The summed E-state index contributed by atoms with van der Waals surface area (Å²) in [6, 6.07) is 11.8. The number of carbonyl (C=O) groups excluding carboxylic acids is 2. The van der Waals surface area contributed by atoms with Gasteiger partial charge in [-0.05, 0) is 24.3 Å². The second-order valence-electron chi connectivity index (χ2n) is 7.34. The molecule has 0 radical (unpaired) electrons. The molecule has 2 aliphatic rings. The van der Waals surface area contributed by atoms with E-state index in [-0.39, 0.29) is 24.0 Å². The Kier molecular flexibility index (Phi) is 5.50. The first-order valence-electron chi connectivity index (χ1n) is 9.89. The maximum atomic E-state index is 13.1. The molecule has 0 aliphatic carbocycles. The van der Waals surface area contributed by atoms with Gasteiger partial charge in [-0.1, -0.05) is 12.1 Å². The molecular weight excluding hydrogens is 386 g/mol. The van der Waals surface area contributed by atoms with E-state index in [9.17, 15) is 14.7 Å². The second-order valence-corrected chi connectivity index (χ2v) is 7.34. The number of para-hydroxylation sites is 2. The Morgan fingerprint density at radius 1 is 0.933 bits per heavy atom. The molecule has 0 unspecified atom stereocenters. The smallest absolute Gasteiger partial charge is 0.251 e. The number of ether oxygens (including phenoxy) is 2. The van der Waals surface area contributed by atoms with Gasteiger partial charge in [0, 0.05) is 32.2 Å². The van der Waals surface area contributed by atoms with Crippen LogP contribution in [0.4, 0.5) is 11.4 Å². The zero-order chi connectivity index (χ0) is 21.3. The largest absolute Gasteiger partial charge is 0.506 e. The van der Waals surface area contributed by atoms with Gasteiger partial charge in [-0.25, -0.2) is 4.90 Å². The van der Waals surface area contributed by atoms with Crippen molar-refractivity contribution in [2.75, 3.05) is 50.2 Å². The lowest BCUT2D eigenvalue weighted by atomic mass is 10.1. The molecule has 0 aromatic heterocycles. The Morgan fingerprint density at radius 3 is 2.30 bits per heavy atom. The molecule has 30 heavy (non-hydrogen) atoms. The number of anilines is 2. The number of methoxy groups -OCH3 is 2. The molecule has 0 spiro atoms. The summed E-state index contributed by atoms with van der Waals surface area (Å²) in [4.78, 5) is 31.2. The quantitative estimate of drug-likeness (QED) is 0.752. The van der Waals surface area contributed by atoms with Crippen LogP contribution in [-0.2, 0) is 9.59 Å². The van der Waals surface area contributed by atoms with E-state index < -0.39 is 6.04 Å². The van der Waals surface area contributed by atoms with Crippen LogP contribution >= 0.6 is 0 Å². The average Bonchev–Trinajstić information content (AvgIpc) is 3.07. The van der Waals surface area contributed by atoms with Crippen molar-refractivity contribution < 1.29 is 24.2 Å². The Hall–Kier alpha value is -3.26. The number of carbonyl (C=O) groups is 2. The van der Waals surface area contributed by atoms with Crippen molar-refractivity contribution in [3.63, 3.8) is 0 Å². The molecule has 2 heterocycles. The summed E-state index contributed by atoms with van der Waals surface area (Å²) in [6.45, 7) is 2.62. The number of rotatable bonds is 5. The molecular formula is C22H25N3O5. The minimum atomic E-state index is -0.475. The van der Waals surface area contributed by atoms with Gasteiger partial charge >= 0.3 is 0 Å². The average molecular weight is 411 g/mol. The first kappa shape index (κ1) is 20.0. The van der Waals surface area contributed by atoms with Gasteiger partial charge in [0.1, 0.15) is 5.75 Å². The van der Waals surface area contributed by atoms with Crippen LogP contribution in [0.1, 0.15) is 6.42 Å². The van der Waals surface area contributed by atoms with Gasteiger partial charge < -0.3 is 19.5 Å². The molecule has 2 amide bonds. The number of aromatic hydroxyl groups is 1. The second kappa shape index (κ2) is 8.23. The number of phenols is 1. The molecule has 2 aromatic carbocycles. The van der Waals surface area contributed by atoms with E-state index in [0.29, 0.717) is 43.4 Å². The SMILES string of the molecule is COc1ccc(N2C(=O)C[C@@H](N3CCN(c4ccccc4O)CC3)C2=O)cc1OC. The monoisotopic (exact) mass is 411 g/mol. The highest BCUT2D eigenvalue weighted by Gasteiger charge is 2.43. The van der Waals surface area contributed by atoms with Gasteiger partial charge in [-0.3, -0.25) is 14.5 Å². The molecule has 4 rings (SSSR count). The number of phenolic OH excluding ortho intramolecular Hbond substituents is 1. The van der Waals surface area contributed by atoms with Crippen LogP contribution in [0.5, 0.6) is 17.2 Å². The van der Waals surface area contributed by atoms with Crippen molar-refractivity contribution >= 4 is 23.2 Å². The summed E-state index contributed by atoms with van der Waals surface area (Å²) < 4.78 is 10.5. The van der Waals surface area contributed by atoms with Gasteiger partial charge in [0.2, 0.25) is 5.91 Å². The number of piperazine rings is 1. The number of benzene rings is 2. The fraction of sp³-hybridized carbons (Fsp3) is 0.364. The van der Waals surface area contributed by atoms with Gasteiger partial charge in [-0.2, -0.15) is 0 Å². The van der Waals surface area contributed by atoms with Crippen molar-refractivity contribution in [3.8, 4) is 17.2 Å². The van der Waals surface area contributed by atoms with Gasteiger partial charge in [0.15, 0.2) is 11.5 Å². The third kappa shape index (κ3) is 3.54. The number of hydrogen-bond acceptors (Lipinski definition) is 7. The molecule has 2 aliphatic heterocycles. The Morgan fingerprint density at radius 2 is 1.63 bits per heavy atom. The molecule has 2 aromatic rings. The Labute approximate surface area is 175 Å². The van der Waals surface area contributed by atoms with Gasteiger partial charge in [-0.15, -0.1) is 0 Å². The summed E-state index contributed by atoms with van der Waals surface area (Å²) in [5, 5.41) is 10.1. The molecule has 2 saturated heterocycles. The summed E-state index contributed by atoms with van der Waals surface area (Å²) >= 11 is 0. The van der Waals surface area contributed by atoms with E-state index >= 15 is 0 Å². The van der Waals surface area contributed by atoms with Crippen molar-refractivity contribution in [1.29, 1.82) is 0 Å². The molecule has 158 valence electrons. The maximum absolute atomic E-state index is 13.1. The standard InChI is InChI=1S/C22H25N3O5/c1-29-19-8-7-15(13-20(19)30-2)25-21(27)14-17(22(25)28)24-11-9-23(10-12-24)16-5-3-4-6-18(16)26/h3-8,13,17,26H,9-12,14H2,1-2H3/t17-/m1/s1. The molecule has 1 atom stereocenters. The van der Waals surface area contributed by atoms with E-state index in [4.69, 9.17) is 9.47 Å². The van der Waals surface area contributed by atoms with Crippen LogP contribution in [-0.4, -0.2) is 68.3 Å². The van der Waals surface area contributed by atoms with Gasteiger partial charge in [0.05, 0.1) is 38.1 Å². The molecule has 0 saturated carbocycles. The zero-order valence-electron chi connectivity index (χ0n) is 17.1. The van der Waals surface area contributed by atoms with Crippen molar-refractivity contribution in [2.24, 2.45) is 0 Å². The third-order valence-corrected chi connectivity index (χ3v) is 5.73. The summed E-state index contributed by atoms with van der Waals surface area (Å²) in [5.41, 5.74) is 1.27. The predicted octanol–water partition coefficient (Wildman–Crippen LogP) is 1.86. The van der Waals surface area contributed by atoms with E-state index in [1.165, 1.54) is 19.1 Å². The topological polar surface area (TPSA) is 82.5 Å². The minimum Gasteiger partial charge on any atom is -0.506 e. The fourth-order valence-corrected chi connectivity index (χ4v) is 4.14. The molecule has 8 nitrogen and oxygen atoms in total. The first-order chi connectivity index (χ1) is 14.5. The van der Waals surface area contributed by atoms with Crippen molar-refractivity contribution in [3.05, 3.63) is 42.5 Å². The Bertz CT molecular complexity index is 956.